The van der Waals surface area contributed by atoms with E-state index < -0.39 is 22.0 Å². The van der Waals surface area contributed by atoms with Gasteiger partial charge in [-0.15, -0.1) is 0 Å². The normalized spacial score (nSPS) is 17.3. The van der Waals surface area contributed by atoms with E-state index in [2.05, 4.69) is 14.5 Å². The Morgan fingerprint density at radius 1 is 1.22 bits per heavy atom. The summed E-state index contributed by atoms with van der Waals surface area (Å²) in [5.41, 5.74) is 0.446. The van der Waals surface area contributed by atoms with E-state index >= 15 is 0 Å². The molecule has 0 unspecified atom stereocenters. The highest BCUT2D eigenvalue weighted by Gasteiger charge is 2.31. The zero-order valence-corrected chi connectivity index (χ0v) is 16.7. The fourth-order valence-corrected chi connectivity index (χ4v) is 4.04. The van der Waals surface area contributed by atoms with Gasteiger partial charge < -0.3 is 9.64 Å². The van der Waals surface area contributed by atoms with Crippen LogP contribution >= 0.6 is 0 Å². The Morgan fingerprint density at radius 2 is 1.89 bits per heavy atom. The molecule has 1 aliphatic rings. The van der Waals surface area contributed by atoms with Crippen LogP contribution in [0, 0.1) is 5.92 Å². The van der Waals surface area contributed by atoms with Crippen LogP contribution in [0.15, 0.2) is 34.2 Å². The molecule has 27 heavy (non-hydrogen) atoms. The van der Waals surface area contributed by atoms with Crippen LogP contribution in [0.1, 0.15) is 32.8 Å². The van der Waals surface area contributed by atoms with Crippen molar-refractivity contribution >= 4 is 27.7 Å². The minimum absolute atomic E-state index is 0.0910. The molecule has 0 bridgehead atoms. The zero-order chi connectivity index (χ0) is 20.2. The second kappa shape index (κ2) is 8.51. The minimum Gasteiger partial charge on any atom is -0.469 e. The summed E-state index contributed by atoms with van der Waals surface area (Å²) >= 11 is 0. The Balaban J connectivity index is 2.21. The maximum atomic E-state index is 12.8. The van der Waals surface area contributed by atoms with Crippen LogP contribution in [-0.4, -0.2) is 57.3 Å². The first-order valence-corrected chi connectivity index (χ1v) is 10.2. The fraction of sp³-hybridized carbons (Fsp3) is 0.500. The number of ether oxygens (including phenoxy) is 1. The lowest BCUT2D eigenvalue weighted by Crippen LogP contribution is -2.41. The summed E-state index contributed by atoms with van der Waals surface area (Å²) in [7, 11) is -2.36. The second-order valence-electron chi connectivity index (χ2n) is 6.76. The van der Waals surface area contributed by atoms with E-state index in [0.29, 0.717) is 12.1 Å². The highest BCUT2D eigenvalue weighted by atomic mass is 32.2. The average molecular weight is 395 g/mol. The van der Waals surface area contributed by atoms with E-state index in [1.807, 2.05) is 13.8 Å². The number of carbonyl (C=O) groups excluding carboxylic acids is 2. The lowest BCUT2D eigenvalue weighted by Gasteiger charge is -2.26. The molecule has 1 aliphatic heterocycles. The maximum absolute atomic E-state index is 12.8. The van der Waals surface area contributed by atoms with Crippen molar-refractivity contribution in [3.8, 4) is 0 Å². The summed E-state index contributed by atoms with van der Waals surface area (Å²) in [6, 6.07) is 5.68. The van der Waals surface area contributed by atoms with Gasteiger partial charge in [0, 0.05) is 18.7 Å². The number of sulfonamides is 1. The Hall–Kier alpha value is -2.42. The van der Waals surface area contributed by atoms with Gasteiger partial charge in [0.1, 0.15) is 11.9 Å². The van der Waals surface area contributed by atoms with E-state index in [1.165, 1.54) is 13.2 Å². The van der Waals surface area contributed by atoms with Crippen LogP contribution in [0.3, 0.4) is 0 Å². The lowest BCUT2D eigenvalue weighted by atomic mass is 10.1. The third-order valence-electron chi connectivity index (χ3n) is 4.05. The number of amides is 1. The third kappa shape index (κ3) is 5.06. The van der Waals surface area contributed by atoms with Gasteiger partial charge in [0.25, 0.3) is 10.0 Å². The van der Waals surface area contributed by atoms with Crippen LogP contribution < -0.4 is 4.72 Å². The molecule has 0 radical (unpaired) electrons. The Kier molecular flexibility index (Phi) is 6.59. The van der Waals surface area contributed by atoms with Gasteiger partial charge in [0.15, 0.2) is 0 Å². The Bertz CT molecular complexity index is 848. The monoisotopic (exact) mass is 395 g/mol. The molecule has 0 spiro atoms. The molecule has 8 nitrogen and oxygen atoms in total. The summed E-state index contributed by atoms with van der Waals surface area (Å²) < 4.78 is 31.4. The van der Waals surface area contributed by atoms with Crippen LogP contribution in [0.4, 0.5) is 0 Å². The van der Waals surface area contributed by atoms with E-state index in [9.17, 15) is 18.0 Å². The molecule has 1 N–H and O–H groups in total. The quantitative estimate of drug-likeness (QED) is 0.698. The minimum atomic E-state index is -3.66. The van der Waals surface area contributed by atoms with Crippen molar-refractivity contribution in [2.75, 3.05) is 20.2 Å². The number of carbonyl (C=O) groups is 2. The number of nitrogens with one attached hydrogen (secondary N) is 1. The van der Waals surface area contributed by atoms with Crippen molar-refractivity contribution in [1.29, 1.82) is 0 Å². The first-order valence-electron chi connectivity index (χ1n) is 8.71. The third-order valence-corrected chi connectivity index (χ3v) is 5.45. The molecule has 2 rings (SSSR count). The van der Waals surface area contributed by atoms with Gasteiger partial charge in [0.2, 0.25) is 5.91 Å². The molecule has 1 aromatic rings. The molecule has 1 atom stereocenters. The standard InChI is InChI=1S/C18H25N3O5S/c1-12(2)11-21(10-9-16(22)26-4)18(23)13(3)19-17-14-7-5-6-8-15(14)27(24,25)20-17/h5-8,12-13H,9-11H2,1-4H3,(H,19,20)/t13-/m0/s1. The second-order valence-corrected chi connectivity index (χ2v) is 8.41. The molecule has 9 heteroatoms. The maximum Gasteiger partial charge on any atom is 0.307 e. The summed E-state index contributed by atoms with van der Waals surface area (Å²) in [5, 5.41) is 0. The van der Waals surface area contributed by atoms with Crippen LogP contribution in [0.5, 0.6) is 0 Å². The number of nitrogens with zero attached hydrogens (tertiary/aromatic N) is 2. The van der Waals surface area contributed by atoms with Crippen LogP contribution in [0.2, 0.25) is 0 Å². The smallest absolute Gasteiger partial charge is 0.307 e. The fourth-order valence-electron chi connectivity index (χ4n) is 2.80. The van der Waals surface area contributed by atoms with E-state index in [4.69, 9.17) is 0 Å². The topological polar surface area (TPSA) is 105 Å². The van der Waals surface area contributed by atoms with Crippen molar-refractivity contribution in [1.82, 2.24) is 9.62 Å². The summed E-state index contributed by atoms with van der Waals surface area (Å²) in [4.78, 5) is 30.3. The van der Waals surface area contributed by atoms with Gasteiger partial charge in [-0.2, -0.15) is 0 Å². The molecule has 0 saturated heterocycles. The molecule has 0 saturated carbocycles. The lowest BCUT2D eigenvalue weighted by molar-refractivity contribution is -0.142. The van der Waals surface area contributed by atoms with E-state index in [1.54, 1.807) is 30.0 Å². The number of hydrogen-bond acceptors (Lipinski definition) is 6. The first-order chi connectivity index (χ1) is 12.7. The molecule has 1 amide bonds. The summed E-state index contributed by atoms with van der Waals surface area (Å²) in [6.45, 7) is 6.23. The Morgan fingerprint density at radius 3 is 2.52 bits per heavy atom. The molecule has 0 fully saturated rings. The molecular weight excluding hydrogens is 370 g/mol. The predicted molar refractivity (Wildman–Crippen MR) is 101 cm³/mol. The van der Waals surface area contributed by atoms with Crippen LogP contribution in [0.25, 0.3) is 0 Å². The van der Waals surface area contributed by atoms with Gasteiger partial charge in [0.05, 0.1) is 18.4 Å². The highest BCUT2D eigenvalue weighted by Crippen LogP contribution is 2.22. The van der Waals surface area contributed by atoms with Crippen molar-refractivity contribution in [2.45, 2.75) is 38.1 Å². The summed E-state index contributed by atoms with van der Waals surface area (Å²) in [6.07, 6.45) is 0.0910. The zero-order valence-electron chi connectivity index (χ0n) is 15.9. The predicted octanol–water partition coefficient (Wildman–Crippen LogP) is 1.16. The SMILES string of the molecule is COC(=O)CCN(CC(C)C)C(=O)[C@H](C)N=C1NS(=O)(=O)c2ccccc21. The molecule has 1 heterocycles. The molecule has 148 valence electrons. The number of rotatable bonds is 7. The largest absolute Gasteiger partial charge is 0.469 e. The molecule has 0 aromatic heterocycles. The summed E-state index contributed by atoms with van der Waals surface area (Å²) in [5.74, 6) is -0.308. The van der Waals surface area contributed by atoms with Gasteiger partial charge in [-0.1, -0.05) is 26.0 Å². The average Bonchev–Trinajstić information content (AvgIpc) is 2.88. The molecule has 0 aliphatic carbocycles. The van der Waals surface area contributed by atoms with Gasteiger partial charge in [-0.3, -0.25) is 19.3 Å². The van der Waals surface area contributed by atoms with Gasteiger partial charge >= 0.3 is 5.97 Å². The number of aliphatic imine (C=N–C) groups is 1. The number of methoxy groups -OCH3 is 1. The number of fused-ring (bicyclic) bond motifs is 1. The van der Waals surface area contributed by atoms with Gasteiger partial charge in [-0.05, 0) is 25.0 Å². The Labute approximate surface area is 159 Å². The number of benzene rings is 1. The highest BCUT2D eigenvalue weighted by molar-refractivity contribution is 7.90. The van der Waals surface area contributed by atoms with Crippen LogP contribution in [-0.2, 0) is 24.3 Å². The first kappa shape index (κ1) is 20.9. The van der Waals surface area contributed by atoms with Crippen molar-refractivity contribution in [3.63, 3.8) is 0 Å². The van der Waals surface area contributed by atoms with Crippen molar-refractivity contribution < 1.29 is 22.7 Å². The van der Waals surface area contributed by atoms with Crippen molar-refractivity contribution in [2.24, 2.45) is 10.9 Å². The number of hydrogen-bond donors (Lipinski definition) is 1. The van der Waals surface area contributed by atoms with E-state index in [-0.39, 0.29) is 35.5 Å². The van der Waals surface area contributed by atoms with E-state index in [0.717, 1.165) is 0 Å². The van der Waals surface area contributed by atoms with Gasteiger partial charge in [-0.25, -0.2) is 8.42 Å². The number of esters is 1. The molecule has 1 aromatic carbocycles. The van der Waals surface area contributed by atoms with Crippen molar-refractivity contribution in [3.05, 3.63) is 29.8 Å². The number of amidine groups is 1. The molecular formula is C18H25N3O5S.